The van der Waals surface area contributed by atoms with Gasteiger partial charge in [-0.1, -0.05) is 103 Å². The summed E-state index contributed by atoms with van der Waals surface area (Å²) in [7, 11) is 0. The Balaban J connectivity index is 1.53. The molecule has 8 rings (SSSR count). The van der Waals surface area contributed by atoms with Crippen LogP contribution in [0, 0.1) is 0 Å². The molecule has 168 valence electrons. The lowest BCUT2D eigenvalue weighted by molar-refractivity contribution is 0.585. The summed E-state index contributed by atoms with van der Waals surface area (Å²) in [5.74, 6) is 0.683. The van der Waals surface area contributed by atoms with Crippen LogP contribution in [0.2, 0.25) is 0 Å². The first-order chi connectivity index (χ1) is 17.9. The molecule has 5 aromatic rings. The largest absolute Gasteiger partial charge is 0.436 e. The molecular formula is C34H21NO. The van der Waals surface area contributed by atoms with Crippen molar-refractivity contribution in [3.8, 4) is 0 Å². The molecule has 0 atom stereocenters. The van der Waals surface area contributed by atoms with E-state index < -0.39 is 0 Å². The fraction of sp³-hybridized carbons (Fsp3) is 0.0294. The molecule has 0 aliphatic heterocycles. The highest BCUT2D eigenvalue weighted by Crippen LogP contribution is 2.58. The molecular weight excluding hydrogens is 438 g/mol. The van der Waals surface area contributed by atoms with E-state index in [0.29, 0.717) is 5.89 Å². The van der Waals surface area contributed by atoms with Gasteiger partial charge in [-0.2, -0.15) is 0 Å². The van der Waals surface area contributed by atoms with Gasteiger partial charge in [-0.3, -0.25) is 0 Å². The Kier molecular flexibility index (Phi) is 4.03. The molecule has 0 unspecified atom stereocenters. The van der Waals surface area contributed by atoms with Crippen molar-refractivity contribution in [3.63, 3.8) is 0 Å². The van der Waals surface area contributed by atoms with Crippen LogP contribution in [0.1, 0.15) is 29.0 Å². The number of para-hydroxylation sites is 2. The van der Waals surface area contributed by atoms with Gasteiger partial charge in [0.15, 0.2) is 5.58 Å². The predicted molar refractivity (Wildman–Crippen MR) is 147 cm³/mol. The van der Waals surface area contributed by atoms with Gasteiger partial charge in [0, 0.05) is 5.57 Å². The van der Waals surface area contributed by atoms with Crippen molar-refractivity contribution >= 4 is 38.6 Å². The first kappa shape index (κ1) is 19.6. The third-order valence-electron chi connectivity index (χ3n) is 7.45. The van der Waals surface area contributed by atoms with Crippen molar-refractivity contribution in [2.24, 2.45) is 0 Å². The minimum Gasteiger partial charge on any atom is -0.436 e. The van der Waals surface area contributed by atoms with Crippen LogP contribution < -0.4 is 0 Å². The van der Waals surface area contributed by atoms with Crippen molar-refractivity contribution in [3.05, 3.63) is 155 Å². The second kappa shape index (κ2) is 7.40. The molecule has 1 aromatic heterocycles. The Bertz CT molecular complexity index is 1870. The molecule has 4 aromatic carbocycles. The average molecular weight is 460 g/mol. The summed E-state index contributed by atoms with van der Waals surface area (Å²) >= 11 is 0. The van der Waals surface area contributed by atoms with Crippen LogP contribution in [0.5, 0.6) is 0 Å². The zero-order chi connectivity index (χ0) is 23.6. The van der Waals surface area contributed by atoms with E-state index in [1.54, 1.807) is 0 Å². The van der Waals surface area contributed by atoms with E-state index in [1.165, 1.54) is 55.3 Å². The van der Waals surface area contributed by atoms with Crippen LogP contribution in [0.25, 0.3) is 38.6 Å². The normalized spacial score (nSPS) is 16.2. The highest BCUT2D eigenvalue weighted by Gasteiger charge is 2.39. The Hall–Kier alpha value is -4.69. The van der Waals surface area contributed by atoms with E-state index in [-0.39, 0.29) is 0 Å². The maximum atomic E-state index is 6.39. The van der Waals surface area contributed by atoms with Crippen molar-refractivity contribution in [2.45, 2.75) is 6.42 Å². The molecule has 0 bridgehead atoms. The summed E-state index contributed by atoms with van der Waals surface area (Å²) in [6, 6.07) is 32.1. The van der Waals surface area contributed by atoms with E-state index >= 15 is 0 Å². The molecule has 3 aliphatic carbocycles. The first-order valence-electron chi connectivity index (χ1n) is 12.4. The van der Waals surface area contributed by atoms with E-state index in [4.69, 9.17) is 9.40 Å². The lowest BCUT2D eigenvalue weighted by Gasteiger charge is -2.13. The molecule has 0 saturated carbocycles. The lowest BCUT2D eigenvalue weighted by Crippen LogP contribution is -1.93. The molecule has 3 aliphatic rings. The fourth-order valence-electron chi connectivity index (χ4n) is 5.97. The van der Waals surface area contributed by atoms with Gasteiger partial charge in [0.1, 0.15) is 5.52 Å². The molecule has 0 spiro atoms. The molecule has 0 amide bonds. The number of allylic oxidation sites excluding steroid dienone is 9. The quantitative estimate of drug-likeness (QED) is 0.264. The lowest BCUT2D eigenvalue weighted by atomic mass is 9.90. The highest BCUT2D eigenvalue weighted by atomic mass is 16.3. The highest BCUT2D eigenvalue weighted by molar-refractivity contribution is 6.23. The van der Waals surface area contributed by atoms with Crippen molar-refractivity contribution < 1.29 is 4.42 Å². The molecule has 0 radical (unpaired) electrons. The van der Waals surface area contributed by atoms with Gasteiger partial charge in [0.2, 0.25) is 5.89 Å². The minimum atomic E-state index is 0.683. The molecule has 0 saturated heterocycles. The maximum absolute atomic E-state index is 6.39. The zero-order valence-corrected chi connectivity index (χ0v) is 19.5. The summed E-state index contributed by atoms with van der Waals surface area (Å²) < 4.78 is 6.39. The van der Waals surface area contributed by atoms with Crippen LogP contribution in [-0.4, -0.2) is 4.98 Å². The third-order valence-corrected chi connectivity index (χ3v) is 7.45. The SMILES string of the molecule is C1=CC2=C(C=CC1)C(c1nc3ccccc3o1)=C1C2=C(c2cccc3ccccc23)c2ccccc21. The van der Waals surface area contributed by atoms with Gasteiger partial charge >= 0.3 is 0 Å². The van der Waals surface area contributed by atoms with Crippen LogP contribution in [0.3, 0.4) is 0 Å². The average Bonchev–Trinajstić information content (AvgIpc) is 3.52. The van der Waals surface area contributed by atoms with E-state index in [9.17, 15) is 0 Å². The molecule has 2 nitrogen and oxygen atoms in total. The second-order valence-electron chi connectivity index (χ2n) is 9.43. The zero-order valence-electron chi connectivity index (χ0n) is 19.5. The van der Waals surface area contributed by atoms with E-state index in [0.717, 1.165) is 23.1 Å². The number of nitrogens with zero attached hydrogens (tertiary/aromatic N) is 1. The Morgan fingerprint density at radius 3 is 2.08 bits per heavy atom. The number of aromatic nitrogens is 1. The van der Waals surface area contributed by atoms with Crippen LogP contribution in [0.4, 0.5) is 0 Å². The van der Waals surface area contributed by atoms with Gasteiger partial charge in [-0.25, -0.2) is 4.98 Å². The minimum absolute atomic E-state index is 0.683. The molecule has 36 heavy (non-hydrogen) atoms. The number of oxazole rings is 1. The van der Waals surface area contributed by atoms with Gasteiger partial charge in [-0.15, -0.1) is 0 Å². The standard InChI is InChI=1S/C34H21NO/c1-2-14-26-27(15-3-1)33(34-35-28-19-8-9-20-29(28)36-34)32-25-17-7-6-16-24(25)30(31(26)32)23-18-10-12-21-11-4-5-13-22(21)23/h2-20H,1H2. The Morgan fingerprint density at radius 1 is 0.556 bits per heavy atom. The number of benzene rings is 4. The summed E-state index contributed by atoms with van der Waals surface area (Å²) in [4.78, 5) is 4.96. The molecule has 0 fully saturated rings. The van der Waals surface area contributed by atoms with E-state index in [1.807, 2.05) is 24.3 Å². The number of hydrogen-bond acceptors (Lipinski definition) is 2. The number of fused-ring (bicyclic) bond motifs is 6. The topological polar surface area (TPSA) is 26.0 Å². The summed E-state index contributed by atoms with van der Waals surface area (Å²) in [5, 5.41) is 2.52. The van der Waals surface area contributed by atoms with Gasteiger partial charge < -0.3 is 4.42 Å². The van der Waals surface area contributed by atoms with Crippen molar-refractivity contribution in [1.82, 2.24) is 4.98 Å². The summed E-state index contributed by atoms with van der Waals surface area (Å²) in [6.45, 7) is 0. The first-order valence-corrected chi connectivity index (χ1v) is 12.4. The predicted octanol–water partition coefficient (Wildman–Crippen LogP) is 8.53. The van der Waals surface area contributed by atoms with Crippen molar-refractivity contribution in [2.75, 3.05) is 0 Å². The van der Waals surface area contributed by atoms with Crippen LogP contribution in [-0.2, 0) is 0 Å². The molecule has 0 N–H and O–H groups in total. The summed E-state index contributed by atoms with van der Waals surface area (Å²) in [5.41, 5.74) is 12.8. The fourth-order valence-corrected chi connectivity index (χ4v) is 5.97. The van der Waals surface area contributed by atoms with Crippen LogP contribution >= 0.6 is 0 Å². The van der Waals surface area contributed by atoms with E-state index in [2.05, 4.69) is 91.0 Å². The number of rotatable bonds is 2. The summed E-state index contributed by atoms with van der Waals surface area (Å²) in [6.07, 6.45) is 9.93. The Labute approximate surface area is 208 Å². The molecule has 2 heteroatoms. The third kappa shape index (κ3) is 2.64. The van der Waals surface area contributed by atoms with Crippen molar-refractivity contribution in [1.29, 1.82) is 0 Å². The number of hydrogen-bond donors (Lipinski definition) is 0. The van der Waals surface area contributed by atoms with Crippen LogP contribution in [0.15, 0.2) is 136 Å². The molecule has 1 heterocycles. The van der Waals surface area contributed by atoms with Gasteiger partial charge in [0.25, 0.3) is 0 Å². The van der Waals surface area contributed by atoms with Gasteiger partial charge in [0.05, 0.1) is 5.57 Å². The second-order valence-corrected chi connectivity index (χ2v) is 9.43. The van der Waals surface area contributed by atoms with Gasteiger partial charge in [-0.05, 0) is 68.3 Å². The maximum Gasteiger partial charge on any atom is 0.228 e. The monoisotopic (exact) mass is 459 g/mol. The Morgan fingerprint density at radius 2 is 1.22 bits per heavy atom. The smallest absolute Gasteiger partial charge is 0.228 e.